The zero-order valence-corrected chi connectivity index (χ0v) is 14.3. The summed E-state index contributed by atoms with van der Waals surface area (Å²) in [6.07, 6.45) is 6.43. The fraction of sp³-hybridized carbons (Fsp3) is 0.625. The fourth-order valence-electron chi connectivity index (χ4n) is 2.17. The fourth-order valence-corrected chi connectivity index (χ4v) is 2.52. The Morgan fingerprint density at radius 1 is 1.19 bits per heavy atom. The van der Waals surface area contributed by atoms with Gasteiger partial charge in [0.1, 0.15) is 10.3 Å². The highest BCUT2D eigenvalue weighted by atomic mass is 79.9. The van der Waals surface area contributed by atoms with E-state index < -0.39 is 0 Å². The third-order valence-electron chi connectivity index (χ3n) is 3.34. The van der Waals surface area contributed by atoms with Crippen LogP contribution in [0, 0.1) is 0 Å². The van der Waals surface area contributed by atoms with Crippen LogP contribution in [-0.2, 0) is 0 Å². The van der Waals surface area contributed by atoms with Crippen molar-refractivity contribution in [2.24, 2.45) is 0 Å². The summed E-state index contributed by atoms with van der Waals surface area (Å²) in [7, 11) is 0. The van der Waals surface area contributed by atoms with Gasteiger partial charge in [0.15, 0.2) is 0 Å². The third-order valence-corrected chi connectivity index (χ3v) is 3.78. The Bertz CT molecular complexity index is 426. The molecule has 1 amide bonds. The van der Waals surface area contributed by atoms with Crippen LogP contribution in [0.25, 0.3) is 0 Å². The number of nitrogens with zero attached hydrogens (tertiary/aromatic N) is 2. The molecule has 0 bridgehead atoms. The van der Waals surface area contributed by atoms with Gasteiger partial charge in [0, 0.05) is 19.7 Å². The summed E-state index contributed by atoms with van der Waals surface area (Å²) in [5.41, 5.74) is 0.455. The Morgan fingerprint density at radius 2 is 1.90 bits per heavy atom. The van der Waals surface area contributed by atoms with Gasteiger partial charge in [0.25, 0.3) is 5.91 Å². The zero-order valence-electron chi connectivity index (χ0n) is 12.7. The maximum absolute atomic E-state index is 12.5. The number of pyridine rings is 1. The van der Waals surface area contributed by atoms with E-state index >= 15 is 0 Å². The van der Waals surface area contributed by atoms with Gasteiger partial charge in [0.05, 0.1) is 0 Å². The summed E-state index contributed by atoms with van der Waals surface area (Å²) in [4.78, 5) is 18.5. The van der Waals surface area contributed by atoms with Crippen LogP contribution in [0.4, 0.5) is 0 Å². The maximum atomic E-state index is 12.5. The van der Waals surface area contributed by atoms with Crippen molar-refractivity contribution in [3.8, 4) is 0 Å². The minimum atomic E-state index is -0.0553. The van der Waals surface area contributed by atoms with Gasteiger partial charge in [-0.2, -0.15) is 0 Å². The molecule has 0 fully saturated rings. The van der Waals surface area contributed by atoms with E-state index in [2.05, 4.69) is 27.8 Å². The minimum absolute atomic E-state index is 0.0553. The van der Waals surface area contributed by atoms with Gasteiger partial charge in [-0.25, -0.2) is 4.98 Å². The van der Waals surface area contributed by atoms with E-state index in [1.807, 2.05) is 6.07 Å². The van der Waals surface area contributed by atoms with Crippen LogP contribution in [-0.4, -0.2) is 40.6 Å². The van der Waals surface area contributed by atoms with Gasteiger partial charge in [-0.15, -0.1) is 0 Å². The molecule has 1 N–H and O–H groups in total. The van der Waals surface area contributed by atoms with Crippen LogP contribution in [0.1, 0.15) is 55.9 Å². The highest BCUT2D eigenvalue weighted by molar-refractivity contribution is 9.10. The second kappa shape index (κ2) is 10.7. The summed E-state index contributed by atoms with van der Waals surface area (Å²) >= 11 is 3.29. The van der Waals surface area contributed by atoms with Crippen molar-refractivity contribution in [2.45, 2.75) is 45.4 Å². The maximum Gasteiger partial charge on any atom is 0.272 e. The van der Waals surface area contributed by atoms with Crippen LogP contribution in [0.15, 0.2) is 22.8 Å². The number of aliphatic hydroxyl groups is 1. The molecule has 0 radical (unpaired) electrons. The Balaban J connectivity index is 2.56. The first-order valence-corrected chi connectivity index (χ1v) is 8.51. The molecular weight excluding hydrogens is 332 g/mol. The number of carbonyl (C=O) groups excluding carboxylic acids is 1. The van der Waals surface area contributed by atoms with Gasteiger partial charge in [-0.05, 0) is 40.9 Å². The van der Waals surface area contributed by atoms with E-state index in [-0.39, 0.29) is 12.5 Å². The van der Waals surface area contributed by atoms with Crippen molar-refractivity contribution in [3.63, 3.8) is 0 Å². The first-order valence-electron chi connectivity index (χ1n) is 7.71. The van der Waals surface area contributed by atoms with Gasteiger partial charge >= 0.3 is 0 Å². The Kier molecular flexibility index (Phi) is 9.26. The predicted molar refractivity (Wildman–Crippen MR) is 88.3 cm³/mol. The van der Waals surface area contributed by atoms with Gasteiger partial charge in [-0.1, -0.05) is 38.7 Å². The number of aliphatic hydroxyl groups excluding tert-OH is 1. The Morgan fingerprint density at radius 3 is 2.57 bits per heavy atom. The number of rotatable bonds is 10. The Labute approximate surface area is 135 Å². The molecule has 0 saturated heterocycles. The highest BCUT2D eigenvalue weighted by Crippen LogP contribution is 2.11. The van der Waals surface area contributed by atoms with Crippen LogP contribution in [0.2, 0.25) is 0 Å². The molecule has 1 rings (SSSR count). The molecule has 1 aromatic rings. The lowest BCUT2D eigenvalue weighted by atomic mass is 10.1. The molecule has 5 heteroatoms. The van der Waals surface area contributed by atoms with Crippen LogP contribution in [0.5, 0.6) is 0 Å². The van der Waals surface area contributed by atoms with Crippen molar-refractivity contribution in [2.75, 3.05) is 19.7 Å². The average molecular weight is 357 g/mol. The first kappa shape index (κ1) is 18.1. The molecule has 0 unspecified atom stereocenters. The molecule has 1 aromatic heterocycles. The summed E-state index contributed by atoms with van der Waals surface area (Å²) in [6, 6.07) is 5.35. The molecule has 0 aliphatic rings. The topological polar surface area (TPSA) is 53.4 Å². The summed E-state index contributed by atoms with van der Waals surface area (Å²) in [5.74, 6) is -0.0553. The van der Waals surface area contributed by atoms with Crippen LogP contribution >= 0.6 is 15.9 Å². The van der Waals surface area contributed by atoms with Crippen molar-refractivity contribution in [1.82, 2.24) is 9.88 Å². The number of hydrogen-bond acceptors (Lipinski definition) is 3. The normalized spacial score (nSPS) is 10.6. The number of amides is 1. The summed E-state index contributed by atoms with van der Waals surface area (Å²) < 4.78 is 0.665. The quantitative estimate of drug-likeness (QED) is 0.514. The standard InChI is InChI=1S/C16H25BrN2O2/c1-2-3-4-5-6-11-19(12-8-13-20)16(21)14-9-7-10-15(17)18-14/h7,9-10,20H,2-6,8,11-13H2,1H3. The molecular formula is C16H25BrN2O2. The molecule has 118 valence electrons. The lowest BCUT2D eigenvalue weighted by Crippen LogP contribution is -2.34. The highest BCUT2D eigenvalue weighted by Gasteiger charge is 2.16. The second-order valence-corrected chi connectivity index (χ2v) is 5.94. The monoisotopic (exact) mass is 356 g/mol. The number of hydrogen-bond donors (Lipinski definition) is 1. The number of halogens is 1. The molecule has 0 aliphatic carbocycles. The van der Waals surface area contributed by atoms with E-state index in [1.54, 1.807) is 17.0 Å². The van der Waals surface area contributed by atoms with E-state index in [0.29, 0.717) is 23.3 Å². The van der Waals surface area contributed by atoms with E-state index in [0.717, 1.165) is 19.4 Å². The summed E-state index contributed by atoms with van der Waals surface area (Å²) in [5, 5.41) is 8.99. The second-order valence-electron chi connectivity index (χ2n) is 5.13. The van der Waals surface area contributed by atoms with Crippen molar-refractivity contribution in [3.05, 3.63) is 28.5 Å². The van der Waals surface area contributed by atoms with Crippen LogP contribution < -0.4 is 0 Å². The Hall–Kier alpha value is -0.940. The third kappa shape index (κ3) is 7.05. The molecule has 0 aliphatic heterocycles. The molecule has 4 nitrogen and oxygen atoms in total. The van der Waals surface area contributed by atoms with Gasteiger partial charge in [0.2, 0.25) is 0 Å². The van der Waals surface area contributed by atoms with Crippen molar-refractivity contribution >= 4 is 21.8 Å². The van der Waals surface area contributed by atoms with E-state index in [1.165, 1.54) is 19.3 Å². The van der Waals surface area contributed by atoms with Gasteiger partial charge < -0.3 is 10.0 Å². The van der Waals surface area contributed by atoms with Crippen molar-refractivity contribution in [1.29, 1.82) is 0 Å². The smallest absolute Gasteiger partial charge is 0.272 e. The van der Waals surface area contributed by atoms with E-state index in [4.69, 9.17) is 5.11 Å². The van der Waals surface area contributed by atoms with Crippen molar-refractivity contribution < 1.29 is 9.90 Å². The SMILES string of the molecule is CCCCCCCN(CCCO)C(=O)c1cccc(Br)n1. The molecule has 21 heavy (non-hydrogen) atoms. The van der Waals surface area contributed by atoms with Gasteiger partial charge in [-0.3, -0.25) is 4.79 Å². The summed E-state index contributed by atoms with van der Waals surface area (Å²) in [6.45, 7) is 3.61. The zero-order chi connectivity index (χ0) is 15.5. The lowest BCUT2D eigenvalue weighted by molar-refractivity contribution is 0.0735. The van der Waals surface area contributed by atoms with E-state index in [9.17, 15) is 4.79 Å². The first-order chi connectivity index (χ1) is 10.2. The molecule has 0 saturated carbocycles. The number of unbranched alkanes of at least 4 members (excludes halogenated alkanes) is 4. The number of carbonyl (C=O) groups is 1. The minimum Gasteiger partial charge on any atom is -0.396 e. The molecule has 1 heterocycles. The average Bonchev–Trinajstić information content (AvgIpc) is 2.49. The number of aromatic nitrogens is 1. The van der Waals surface area contributed by atoms with Crippen LogP contribution in [0.3, 0.4) is 0 Å². The lowest BCUT2D eigenvalue weighted by Gasteiger charge is -2.22. The largest absolute Gasteiger partial charge is 0.396 e. The molecule has 0 spiro atoms. The molecule has 0 aromatic carbocycles. The molecule has 0 atom stereocenters. The predicted octanol–water partition coefficient (Wildman–Crippen LogP) is 3.64.